The molecule has 1 saturated carbocycles. The van der Waals surface area contributed by atoms with Crippen molar-refractivity contribution in [2.45, 2.75) is 32.3 Å². The number of halogens is 1. The van der Waals surface area contributed by atoms with Gasteiger partial charge in [0.15, 0.2) is 0 Å². The fourth-order valence-corrected chi connectivity index (χ4v) is 2.69. The van der Waals surface area contributed by atoms with Gasteiger partial charge in [0.25, 0.3) is 0 Å². The molecule has 0 spiro atoms. The van der Waals surface area contributed by atoms with Crippen LogP contribution < -0.4 is 0 Å². The van der Waals surface area contributed by atoms with E-state index in [0.29, 0.717) is 0 Å². The van der Waals surface area contributed by atoms with E-state index in [9.17, 15) is 0 Å². The lowest BCUT2D eigenvalue weighted by atomic mass is 9.86. The van der Waals surface area contributed by atoms with Crippen LogP contribution in [-0.4, -0.2) is 11.0 Å². The first kappa shape index (κ1) is 12.4. The average Bonchev–Trinajstić information content (AvgIpc) is 2.24. The van der Waals surface area contributed by atoms with Crippen molar-refractivity contribution in [2.24, 2.45) is 5.92 Å². The third-order valence-corrected chi connectivity index (χ3v) is 4.15. The molecule has 0 radical (unpaired) electrons. The molecule has 1 nitrogen and oxygen atoms in total. The zero-order valence-electron chi connectivity index (χ0n) is 9.79. The zero-order valence-corrected chi connectivity index (χ0v) is 11.9. The van der Waals surface area contributed by atoms with Gasteiger partial charge in [0.05, 0.1) is 12.7 Å². The van der Waals surface area contributed by atoms with Gasteiger partial charge in [0, 0.05) is 4.43 Å². The molecule has 0 heterocycles. The van der Waals surface area contributed by atoms with Crippen LogP contribution in [-0.2, 0) is 4.74 Å². The number of hydrogen-bond acceptors (Lipinski definition) is 1. The zero-order chi connectivity index (χ0) is 11.4. The van der Waals surface area contributed by atoms with Crippen molar-refractivity contribution >= 4 is 22.6 Å². The minimum absolute atomic E-state index is 0.279. The number of benzene rings is 1. The van der Waals surface area contributed by atoms with Crippen molar-refractivity contribution in [3.8, 4) is 0 Å². The topological polar surface area (TPSA) is 9.23 Å². The van der Waals surface area contributed by atoms with Crippen molar-refractivity contribution in [2.75, 3.05) is 11.0 Å². The molecule has 1 aromatic rings. The maximum absolute atomic E-state index is 6.01. The van der Waals surface area contributed by atoms with Crippen LogP contribution >= 0.6 is 22.6 Å². The minimum atomic E-state index is 0.279. The summed E-state index contributed by atoms with van der Waals surface area (Å²) < 4.78 is 7.05. The Morgan fingerprint density at radius 3 is 2.50 bits per heavy atom. The molecular weight excluding hydrogens is 311 g/mol. The van der Waals surface area contributed by atoms with E-state index in [4.69, 9.17) is 4.74 Å². The first-order chi connectivity index (χ1) is 7.79. The summed E-state index contributed by atoms with van der Waals surface area (Å²) in [6.07, 6.45) is 4.40. The van der Waals surface area contributed by atoms with Crippen molar-refractivity contribution in [3.05, 3.63) is 35.4 Å². The lowest BCUT2D eigenvalue weighted by molar-refractivity contribution is 0.0232. The molecule has 1 unspecified atom stereocenters. The molecule has 2 heteroatoms. The summed E-state index contributed by atoms with van der Waals surface area (Å²) in [5.41, 5.74) is 2.63. The lowest BCUT2D eigenvalue weighted by Gasteiger charge is -2.27. The average molecular weight is 330 g/mol. The highest BCUT2D eigenvalue weighted by atomic mass is 127. The van der Waals surface area contributed by atoms with Crippen LogP contribution in [0.5, 0.6) is 0 Å². The predicted octanol–water partition coefficient (Wildman–Crippen LogP) is 4.29. The summed E-state index contributed by atoms with van der Waals surface area (Å²) in [6.45, 7) is 3.07. The maximum Gasteiger partial charge on any atom is 0.0914 e. The molecule has 1 fully saturated rings. The quantitative estimate of drug-likeness (QED) is 0.578. The molecule has 1 atom stereocenters. The molecule has 1 aromatic carbocycles. The Hall–Kier alpha value is -0.0900. The van der Waals surface area contributed by atoms with Crippen LogP contribution in [0.25, 0.3) is 0 Å². The molecule has 0 saturated heterocycles. The van der Waals surface area contributed by atoms with E-state index in [1.54, 1.807) is 0 Å². The van der Waals surface area contributed by atoms with Crippen LogP contribution in [0.1, 0.15) is 36.5 Å². The normalized spacial score (nSPS) is 18.1. The van der Waals surface area contributed by atoms with Gasteiger partial charge >= 0.3 is 0 Å². The smallest absolute Gasteiger partial charge is 0.0914 e. The summed E-state index contributed by atoms with van der Waals surface area (Å²) in [6, 6.07) is 8.72. The molecule has 0 aromatic heterocycles. The van der Waals surface area contributed by atoms with E-state index in [-0.39, 0.29) is 6.10 Å². The second kappa shape index (κ2) is 6.01. The van der Waals surface area contributed by atoms with Crippen molar-refractivity contribution in [3.63, 3.8) is 0 Å². The molecule has 88 valence electrons. The molecule has 1 aliphatic carbocycles. The molecule has 0 N–H and O–H groups in total. The van der Waals surface area contributed by atoms with Crippen molar-refractivity contribution in [1.82, 2.24) is 0 Å². The van der Waals surface area contributed by atoms with Gasteiger partial charge in [0.2, 0.25) is 0 Å². The van der Waals surface area contributed by atoms with Gasteiger partial charge in [-0.25, -0.2) is 0 Å². The fourth-order valence-electron chi connectivity index (χ4n) is 1.92. The summed E-state index contributed by atoms with van der Waals surface area (Å²) in [5, 5.41) is 0. The molecular formula is C14H19IO. The molecule has 16 heavy (non-hydrogen) atoms. The highest BCUT2D eigenvalue weighted by Gasteiger charge is 2.19. The van der Waals surface area contributed by atoms with E-state index < -0.39 is 0 Å². The van der Waals surface area contributed by atoms with Gasteiger partial charge < -0.3 is 4.74 Å². The number of rotatable bonds is 5. The Labute approximate surface area is 112 Å². The SMILES string of the molecule is Cc1ccc(C(CI)OCC2CCC2)cc1. The van der Waals surface area contributed by atoms with Gasteiger partial charge in [-0.15, -0.1) is 0 Å². The molecule has 1 aliphatic rings. The van der Waals surface area contributed by atoms with Crippen molar-refractivity contribution < 1.29 is 4.74 Å². The predicted molar refractivity (Wildman–Crippen MR) is 76.1 cm³/mol. The van der Waals surface area contributed by atoms with Gasteiger partial charge in [-0.3, -0.25) is 0 Å². The summed E-state index contributed by atoms with van der Waals surface area (Å²) >= 11 is 2.41. The van der Waals surface area contributed by atoms with Crippen LogP contribution in [0.15, 0.2) is 24.3 Å². The first-order valence-electron chi connectivity index (χ1n) is 6.03. The largest absolute Gasteiger partial charge is 0.372 e. The van der Waals surface area contributed by atoms with Crippen LogP contribution in [0.4, 0.5) is 0 Å². The number of ether oxygens (including phenoxy) is 1. The Balaban J connectivity index is 1.90. The first-order valence-corrected chi connectivity index (χ1v) is 7.56. The number of hydrogen-bond donors (Lipinski definition) is 0. The van der Waals surface area contributed by atoms with Crippen molar-refractivity contribution in [1.29, 1.82) is 0 Å². The maximum atomic E-state index is 6.01. The summed E-state index contributed by atoms with van der Waals surface area (Å²) in [5.74, 6) is 0.830. The monoisotopic (exact) mass is 330 g/mol. The fraction of sp³-hybridized carbons (Fsp3) is 0.571. The molecule has 0 amide bonds. The van der Waals surface area contributed by atoms with E-state index in [0.717, 1.165) is 17.0 Å². The van der Waals surface area contributed by atoms with Crippen LogP contribution in [0.2, 0.25) is 0 Å². The highest BCUT2D eigenvalue weighted by Crippen LogP contribution is 2.29. The summed E-state index contributed by atoms with van der Waals surface area (Å²) in [7, 11) is 0. The second-order valence-corrected chi connectivity index (χ2v) is 5.56. The minimum Gasteiger partial charge on any atom is -0.372 e. The molecule has 0 aliphatic heterocycles. The third kappa shape index (κ3) is 3.20. The van der Waals surface area contributed by atoms with Crippen LogP contribution in [0, 0.1) is 12.8 Å². The van der Waals surface area contributed by atoms with Gasteiger partial charge in [-0.2, -0.15) is 0 Å². The van der Waals surface area contributed by atoms with Gasteiger partial charge in [0.1, 0.15) is 0 Å². The number of aryl methyl sites for hydroxylation is 1. The van der Waals surface area contributed by atoms with E-state index in [1.807, 2.05) is 0 Å². The molecule has 2 rings (SSSR count). The standard InChI is InChI=1S/C14H19IO/c1-11-5-7-13(8-6-11)14(9-15)16-10-12-3-2-4-12/h5-8,12,14H,2-4,9-10H2,1H3. The van der Waals surface area contributed by atoms with E-state index >= 15 is 0 Å². The van der Waals surface area contributed by atoms with Gasteiger partial charge in [-0.1, -0.05) is 58.8 Å². The Kier molecular flexibility index (Phi) is 4.65. The van der Waals surface area contributed by atoms with E-state index in [1.165, 1.54) is 30.4 Å². The van der Waals surface area contributed by atoms with Gasteiger partial charge in [-0.05, 0) is 31.2 Å². The Bertz CT molecular complexity index is 316. The highest BCUT2D eigenvalue weighted by molar-refractivity contribution is 14.1. The Morgan fingerprint density at radius 2 is 2.00 bits per heavy atom. The number of alkyl halides is 1. The van der Waals surface area contributed by atoms with Crippen LogP contribution in [0.3, 0.4) is 0 Å². The Morgan fingerprint density at radius 1 is 1.31 bits per heavy atom. The molecule has 0 bridgehead atoms. The third-order valence-electron chi connectivity index (χ3n) is 3.35. The summed E-state index contributed by atoms with van der Waals surface area (Å²) in [4.78, 5) is 0. The lowest BCUT2D eigenvalue weighted by Crippen LogP contribution is -2.19. The second-order valence-electron chi connectivity index (χ2n) is 4.68. The van der Waals surface area contributed by atoms with E-state index in [2.05, 4.69) is 53.8 Å².